The molecule has 0 radical (unpaired) electrons. The van der Waals surface area contributed by atoms with Crippen LogP contribution in [0, 0.1) is 16.0 Å². The first-order valence-electron chi connectivity index (χ1n) is 6.64. The second-order valence-electron chi connectivity index (χ2n) is 4.98. The molecule has 1 aromatic carbocycles. The molecule has 21 heavy (non-hydrogen) atoms. The van der Waals surface area contributed by atoms with Crippen LogP contribution >= 0.6 is 11.3 Å². The minimum absolute atomic E-state index is 0.0672. The third-order valence-electron chi connectivity index (χ3n) is 3.35. The monoisotopic (exact) mass is 302 g/mol. The van der Waals surface area contributed by atoms with Crippen LogP contribution in [-0.2, 0) is 0 Å². The molecule has 1 aromatic heterocycles. The lowest BCUT2D eigenvalue weighted by Gasteiger charge is -1.98. The predicted molar refractivity (Wildman–Crippen MR) is 83.7 cm³/mol. The molecular weight excluding hydrogens is 288 g/mol. The summed E-state index contributed by atoms with van der Waals surface area (Å²) in [7, 11) is 0. The van der Waals surface area contributed by atoms with Gasteiger partial charge in [-0.25, -0.2) is 4.98 Å². The molecule has 1 aliphatic rings. The van der Waals surface area contributed by atoms with E-state index in [1.54, 1.807) is 6.07 Å². The Bertz CT molecular complexity index is 707. The molecule has 0 saturated heterocycles. The second kappa shape index (κ2) is 5.61. The maximum atomic E-state index is 10.8. The average Bonchev–Trinajstić information content (AvgIpc) is 3.23. The lowest BCUT2D eigenvalue weighted by atomic mass is 10.1. The summed E-state index contributed by atoms with van der Waals surface area (Å²) >= 11 is 1.43. The number of nitrogens with zero attached hydrogens (tertiary/aromatic N) is 3. The predicted octanol–water partition coefficient (Wildman–Crippen LogP) is 3.92. The quantitative estimate of drug-likeness (QED) is 0.515. The number of benzene rings is 1. The highest BCUT2D eigenvalue weighted by Crippen LogP contribution is 2.31. The highest BCUT2D eigenvalue weighted by atomic mass is 32.1. The van der Waals surface area contributed by atoms with Crippen LogP contribution in [0.2, 0.25) is 0 Å². The number of hydrazone groups is 1. The van der Waals surface area contributed by atoms with Crippen molar-refractivity contribution in [1.82, 2.24) is 4.98 Å². The summed E-state index contributed by atoms with van der Waals surface area (Å²) < 4.78 is 0. The second-order valence-corrected chi connectivity index (χ2v) is 5.84. The number of non-ortho nitro benzene ring substituents is 1. The normalized spacial score (nSPS) is 15.0. The summed E-state index contributed by atoms with van der Waals surface area (Å²) in [5, 5.41) is 17.7. The van der Waals surface area contributed by atoms with Crippen molar-refractivity contribution in [1.29, 1.82) is 0 Å². The first kappa shape index (κ1) is 13.7. The van der Waals surface area contributed by atoms with Crippen LogP contribution in [0.3, 0.4) is 0 Å². The Morgan fingerprint density at radius 2 is 2.33 bits per heavy atom. The highest BCUT2D eigenvalue weighted by Gasteiger charge is 2.24. The number of nitro benzene ring substituents is 1. The molecule has 7 heteroatoms. The lowest BCUT2D eigenvalue weighted by molar-refractivity contribution is -0.384. The van der Waals surface area contributed by atoms with Crippen LogP contribution in [0.15, 0.2) is 34.7 Å². The fourth-order valence-electron chi connectivity index (χ4n) is 1.96. The summed E-state index contributed by atoms with van der Waals surface area (Å²) in [4.78, 5) is 14.8. The van der Waals surface area contributed by atoms with E-state index in [1.807, 2.05) is 18.4 Å². The van der Waals surface area contributed by atoms with E-state index in [-0.39, 0.29) is 5.69 Å². The molecule has 1 N–H and O–H groups in total. The summed E-state index contributed by atoms with van der Waals surface area (Å²) in [6, 6.07) is 6.47. The van der Waals surface area contributed by atoms with E-state index in [9.17, 15) is 10.1 Å². The van der Waals surface area contributed by atoms with E-state index >= 15 is 0 Å². The van der Waals surface area contributed by atoms with Crippen molar-refractivity contribution in [3.63, 3.8) is 0 Å². The highest BCUT2D eigenvalue weighted by molar-refractivity contribution is 7.14. The Morgan fingerprint density at radius 1 is 1.52 bits per heavy atom. The van der Waals surface area contributed by atoms with E-state index in [2.05, 4.69) is 15.5 Å². The van der Waals surface area contributed by atoms with E-state index < -0.39 is 4.92 Å². The van der Waals surface area contributed by atoms with Gasteiger partial charge in [0.05, 0.1) is 10.6 Å². The summed E-state index contributed by atoms with van der Waals surface area (Å²) in [6.07, 6.45) is 2.43. The van der Waals surface area contributed by atoms with Crippen molar-refractivity contribution < 1.29 is 4.92 Å². The van der Waals surface area contributed by atoms with Crippen molar-refractivity contribution >= 4 is 27.9 Å². The minimum atomic E-state index is -0.404. The number of nitro groups is 1. The summed E-state index contributed by atoms with van der Waals surface area (Å²) in [5.41, 5.74) is 5.57. The van der Waals surface area contributed by atoms with Crippen LogP contribution < -0.4 is 5.43 Å². The number of hydrogen-bond donors (Lipinski definition) is 1. The Labute approximate surface area is 125 Å². The number of rotatable bonds is 5. The largest absolute Gasteiger partial charge is 0.270 e. The smallest absolute Gasteiger partial charge is 0.258 e. The third kappa shape index (κ3) is 3.25. The van der Waals surface area contributed by atoms with Crippen molar-refractivity contribution in [2.45, 2.75) is 19.8 Å². The Balaban J connectivity index is 1.76. The molecule has 1 aliphatic carbocycles. The third-order valence-corrected chi connectivity index (χ3v) is 4.10. The SMILES string of the molecule is C/C(=N/Nc1nc(-c2cccc([N+](=O)[O-])c2)cs1)C1CC1. The van der Waals surface area contributed by atoms with Gasteiger partial charge in [0.15, 0.2) is 0 Å². The van der Waals surface area contributed by atoms with Crippen molar-refractivity contribution in [2.24, 2.45) is 11.0 Å². The molecule has 6 nitrogen and oxygen atoms in total. The topological polar surface area (TPSA) is 80.4 Å². The van der Waals surface area contributed by atoms with Gasteiger partial charge in [-0.1, -0.05) is 12.1 Å². The minimum Gasteiger partial charge on any atom is -0.258 e. The van der Waals surface area contributed by atoms with Crippen LogP contribution in [0.25, 0.3) is 11.3 Å². The zero-order chi connectivity index (χ0) is 14.8. The van der Waals surface area contributed by atoms with Crippen molar-refractivity contribution in [3.05, 3.63) is 39.8 Å². The Hall–Kier alpha value is -2.28. The number of nitrogens with one attached hydrogen (secondary N) is 1. The standard InChI is InChI=1S/C14H14N4O2S/c1-9(10-5-6-10)16-17-14-15-13(8-21-14)11-3-2-4-12(7-11)18(19)20/h2-4,7-8,10H,5-6H2,1H3,(H,15,17)/b16-9-. The molecule has 0 aliphatic heterocycles. The van der Waals surface area contributed by atoms with Crippen LogP contribution in [0.4, 0.5) is 10.8 Å². The van der Waals surface area contributed by atoms with Crippen LogP contribution in [-0.4, -0.2) is 15.6 Å². The van der Waals surface area contributed by atoms with Gasteiger partial charge in [0, 0.05) is 28.8 Å². The molecule has 0 amide bonds. The number of anilines is 1. The summed E-state index contributed by atoms with van der Waals surface area (Å²) in [6.45, 7) is 2.01. The maximum Gasteiger partial charge on any atom is 0.270 e. The first-order valence-corrected chi connectivity index (χ1v) is 7.52. The van der Waals surface area contributed by atoms with Crippen molar-refractivity contribution in [2.75, 3.05) is 5.43 Å². The maximum absolute atomic E-state index is 10.8. The van der Waals surface area contributed by atoms with Gasteiger partial charge < -0.3 is 0 Å². The fraction of sp³-hybridized carbons (Fsp3) is 0.286. The molecule has 1 fully saturated rings. The molecule has 2 aromatic rings. The molecule has 0 spiro atoms. The van der Waals surface area contributed by atoms with Gasteiger partial charge in [0.25, 0.3) is 5.69 Å². The van der Waals surface area contributed by atoms with Gasteiger partial charge in [-0.15, -0.1) is 11.3 Å². The molecule has 3 rings (SSSR count). The number of aromatic nitrogens is 1. The molecule has 0 unspecified atom stereocenters. The zero-order valence-corrected chi connectivity index (χ0v) is 12.3. The molecule has 1 heterocycles. The van der Waals surface area contributed by atoms with Gasteiger partial charge in [-0.3, -0.25) is 15.5 Å². The number of hydrogen-bond acceptors (Lipinski definition) is 6. The van der Waals surface area contributed by atoms with E-state index in [0.717, 1.165) is 11.3 Å². The Kier molecular flexibility index (Phi) is 3.66. The molecular formula is C14H14N4O2S. The summed E-state index contributed by atoms with van der Waals surface area (Å²) in [5.74, 6) is 0.619. The van der Waals surface area contributed by atoms with Gasteiger partial charge in [0.2, 0.25) is 5.13 Å². The molecule has 108 valence electrons. The van der Waals surface area contributed by atoms with Crippen molar-refractivity contribution in [3.8, 4) is 11.3 Å². The van der Waals surface area contributed by atoms with Crippen LogP contribution in [0.5, 0.6) is 0 Å². The van der Waals surface area contributed by atoms with E-state index in [4.69, 9.17) is 0 Å². The van der Waals surface area contributed by atoms with Gasteiger partial charge in [-0.2, -0.15) is 5.10 Å². The lowest BCUT2D eigenvalue weighted by Crippen LogP contribution is -1.99. The zero-order valence-electron chi connectivity index (χ0n) is 11.4. The molecule has 0 atom stereocenters. The van der Waals surface area contributed by atoms with Gasteiger partial charge in [0.1, 0.15) is 0 Å². The molecule has 0 bridgehead atoms. The van der Waals surface area contributed by atoms with E-state index in [0.29, 0.717) is 16.7 Å². The van der Waals surface area contributed by atoms with Crippen LogP contribution in [0.1, 0.15) is 19.8 Å². The van der Waals surface area contributed by atoms with E-state index in [1.165, 1.54) is 36.3 Å². The Morgan fingerprint density at radius 3 is 3.05 bits per heavy atom. The first-order chi connectivity index (χ1) is 10.1. The van der Waals surface area contributed by atoms with Gasteiger partial charge >= 0.3 is 0 Å². The van der Waals surface area contributed by atoms with Gasteiger partial charge in [-0.05, 0) is 25.7 Å². The average molecular weight is 302 g/mol. The fourth-order valence-corrected chi connectivity index (χ4v) is 2.63. The molecule has 1 saturated carbocycles. The number of thiazole rings is 1.